The molecule has 0 aliphatic rings. The molecule has 0 amide bonds. The molecule has 2 N–H and O–H groups in total. The molecule has 0 aromatic heterocycles. The van der Waals surface area contributed by atoms with Crippen molar-refractivity contribution in [2.24, 2.45) is 5.73 Å². The van der Waals surface area contributed by atoms with Gasteiger partial charge in [0.05, 0.1) is 0 Å². The van der Waals surface area contributed by atoms with Crippen LogP contribution >= 0.6 is 11.6 Å². The van der Waals surface area contributed by atoms with E-state index >= 15 is 0 Å². The number of aryl methyl sites for hydroxylation is 1. The molecule has 0 fully saturated rings. The Kier molecular flexibility index (Phi) is 5.27. The molecule has 2 aromatic carbocycles. The standard InChI is InChI=1S/C18H23ClN2/c1-13-9-15(10-14(2)20)7-8-18(13)21(3)12-16-5-4-6-17(19)11-16/h4-9,11,14H,10,12,20H2,1-3H3. The number of hydrogen-bond acceptors (Lipinski definition) is 2. The largest absolute Gasteiger partial charge is 0.370 e. The number of nitrogens with two attached hydrogens (primary N) is 1. The number of hydrogen-bond donors (Lipinski definition) is 1. The summed E-state index contributed by atoms with van der Waals surface area (Å²) in [5, 5.41) is 0.782. The maximum atomic E-state index is 6.04. The van der Waals surface area contributed by atoms with Gasteiger partial charge in [-0.3, -0.25) is 0 Å². The van der Waals surface area contributed by atoms with E-state index in [1.165, 1.54) is 22.4 Å². The second-order valence-electron chi connectivity index (χ2n) is 5.79. The van der Waals surface area contributed by atoms with Gasteiger partial charge in [-0.25, -0.2) is 0 Å². The van der Waals surface area contributed by atoms with Gasteiger partial charge in [-0.2, -0.15) is 0 Å². The molecule has 2 aromatic rings. The Bertz CT molecular complexity index is 608. The Morgan fingerprint density at radius 2 is 1.90 bits per heavy atom. The second kappa shape index (κ2) is 6.97. The number of anilines is 1. The van der Waals surface area contributed by atoms with Crippen molar-refractivity contribution in [2.75, 3.05) is 11.9 Å². The zero-order valence-corrected chi connectivity index (χ0v) is 13.7. The lowest BCUT2D eigenvalue weighted by molar-refractivity contribution is 0.737. The Hall–Kier alpha value is -1.51. The van der Waals surface area contributed by atoms with E-state index in [9.17, 15) is 0 Å². The van der Waals surface area contributed by atoms with E-state index < -0.39 is 0 Å². The SMILES string of the molecule is Cc1cc(CC(C)N)ccc1N(C)Cc1cccc(Cl)c1. The molecule has 21 heavy (non-hydrogen) atoms. The second-order valence-corrected chi connectivity index (χ2v) is 6.22. The van der Waals surface area contributed by atoms with Gasteiger partial charge in [0.1, 0.15) is 0 Å². The number of rotatable bonds is 5. The average molecular weight is 303 g/mol. The van der Waals surface area contributed by atoms with Crippen LogP contribution in [0.25, 0.3) is 0 Å². The molecule has 1 atom stereocenters. The summed E-state index contributed by atoms with van der Waals surface area (Å²) >= 11 is 6.04. The van der Waals surface area contributed by atoms with E-state index in [1.54, 1.807) is 0 Å². The third-order valence-electron chi connectivity index (χ3n) is 3.54. The topological polar surface area (TPSA) is 29.3 Å². The summed E-state index contributed by atoms with van der Waals surface area (Å²) in [6.07, 6.45) is 0.916. The molecule has 0 heterocycles. The van der Waals surface area contributed by atoms with Crippen molar-refractivity contribution >= 4 is 17.3 Å². The molecule has 0 aliphatic carbocycles. The van der Waals surface area contributed by atoms with Crippen LogP contribution in [-0.4, -0.2) is 13.1 Å². The fraction of sp³-hybridized carbons (Fsp3) is 0.333. The maximum Gasteiger partial charge on any atom is 0.0426 e. The van der Waals surface area contributed by atoms with Crippen LogP contribution in [0.5, 0.6) is 0 Å². The quantitative estimate of drug-likeness (QED) is 0.898. The van der Waals surface area contributed by atoms with Gasteiger partial charge in [0, 0.05) is 30.3 Å². The number of halogens is 1. The smallest absolute Gasteiger partial charge is 0.0426 e. The van der Waals surface area contributed by atoms with Gasteiger partial charge in [0.15, 0.2) is 0 Å². The minimum Gasteiger partial charge on any atom is -0.370 e. The van der Waals surface area contributed by atoms with E-state index in [1.807, 2.05) is 25.1 Å². The summed E-state index contributed by atoms with van der Waals surface area (Å²) in [7, 11) is 2.11. The summed E-state index contributed by atoms with van der Waals surface area (Å²) < 4.78 is 0. The van der Waals surface area contributed by atoms with Gasteiger partial charge in [-0.05, 0) is 55.2 Å². The number of nitrogens with zero attached hydrogens (tertiary/aromatic N) is 1. The van der Waals surface area contributed by atoms with Gasteiger partial charge in [0.2, 0.25) is 0 Å². The molecule has 1 unspecified atom stereocenters. The van der Waals surface area contributed by atoms with E-state index in [0.717, 1.165) is 18.0 Å². The van der Waals surface area contributed by atoms with Gasteiger partial charge in [-0.15, -0.1) is 0 Å². The van der Waals surface area contributed by atoms with Gasteiger partial charge in [-0.1, -0.05) is 35.9 Å². The first-order valence-electron chi connectivity index (χ1n) is 7.26. The minimum absolute atomic E-state index is 0.194. The van der Waals surface area contributed by atoms with Crippen LogP contribution in [0.4, 0.5) is 5.69 Å². The highest BCUT2D eigenvalue weighted by atomic mass is 35.5. The molecule has 0 radical (unpaired) electrons. The highest BCUT2D eigenvalue weighted by molar-refractivity contribution is 6.30. The Labute approximate surface area is 132 Å². The van der Waals surface area contributed by atoms with E-state index in [2.05, 4.69) is 43.1 Å². The van der Waals surface area contributed by atoms with Crippen LogP contribution < -0.4 is 10.6 Å². The van der Waals surface area contributed by atoms with E-state index in [4.69, 9.17) is 17.3 Å². The van der Waals surface area contributed by atoms with Crippen molar-refractivity contribution in [3.8, 4) is 0 Å². The Morgan fingerprint density at radius 3 is 2.52 bits per heavy atom. The van der Waals surface area contributed by atoms with Crippen LogP contribution in [-0.2, 0) is 13.0 Å². The van der Waals surface area contributed by atoms with Crippen molar-refractivity contribution in [1.29, 1.82) is 0 Å². The van der Waals surface area contributed by atoms with Crippen LogP contribution in [0.15, 0.2) is 42.5 Å². The van der Waals surface area contributed by atoms with Crippen LogP contribution in [0.3, 0.4) is 0 Å². The lowest BCUT2D eigenvalue weighted by atomic mass is 10.0. The maximum absolute atomic E-state index is 6.04. The lowest BCUT2D eigenvalue weighted by Crippen LogP contribution is -2.19. The molecule has 0 aliphatic heterocycles. The first kappa shape index (κ1) is 15.9. The minimum atomic E-state index is 0.194. The molecule has 0 spiro atoms. The first-order valence-corrected chi connectivity index (χ1v) is 7.64. The summed E-state index contributed by atoms with van der Waals surface area (Å²) in [5.41, 5.74) is 10.9. The average Bonchev–Trinajstić information content (AvgIpc) is 2.37. The van der Waals surface area contributed by atoms with Crippen molar-refractivity contribution in [2.45, 2.75) is 32.9 Å². The van der Waals surface area contributed by atoms with Crippen LogP contribution in [0, 0.1) is 6.92 Å². The van der Waals surface area contributed by atoms with Crippen molar-refractivity contribution in [3.63, 3.8) is 0 Å². The molecular formula is C18H23ClN2. The highest BCUT2D eigenvalue weighted by Gasteiger charge is 2.07. The molecule has 0 saturated heterocycles. The van der Waals surface area contributed by atoms with Crippen LogP contribution in [0.2, 0.25) is 5.02 Å². The molecular weight excluding hydrogens is 280 g/mol. The summed E-state index contributed by atoms with van der Waals surface area (Å²) in [6, 6.07) is 14.8. The summed E-state index contributed by atoms with van der Waals surface area (Å²) in [4.78, 5) is 2.25. The fourth-order valence-corrected chi connectivity index (χ4v) is 2.85. The van der Waals surface area contributed by atoms with E-state index in [-0.39, 0.29) is 6.04 Å². The van der Waals surface area contributed by atoms with E-state index in [0.29, 0.717) is 0 Å². The van der Waals surface area contributed by atoms with Crippen molar-refractivity contribution in [1.82, 2.24) is 0 Å². The zero-order valence-electron chi connectivity index (χ0n) is 12.9. The summed E-state index contributed by atoms with van der Waals surface area (Å²) in [5.74, 6) is 0. The van der Waals surface area contributed by atoms with Gasteiger partial charge >= 0.3 is 0 Å². The van der Waals surface area contributed by atoms with Crippen LogP contribution in [0.1, 0.15) is 23.6 Å². The molecule has 112 valence electrons. The normalized spacial score (nSPS) is 12.2. The lowest BCUT2D eigenvalue weighted by Gasteiger charge is -2.22. The highest BCUT2D eigenvalue weighted by Crippen LogP contribution is 2.23. The third-order valence-corrected chi connectivity index (χ3v) is 3.77. The summed E-state index contributed by atoms with van der Waals surface area (Å²) in [6.45, 7) is 5.02. The molecule has 0 saturated carbocycles. The Morgan fingerprint density at radius 1 is 1.14 bits per heavy atom. The van der Waals surface area contributed by atoms with Gasteiger partial charge in [0.25, 0.3) is 0 Å². The number of benzene rings is 2. The molecule has 2 nitrogen and oxygen atoms in total. The van der Waals surface area contributed by atoms with Crippen molar-refractivity contribution < 1.29 is 0 Å². The molecule has 2 rings (SSSR count). The van der Waals surface area contributed by atoms with Gasteiger partial charge < -0.3 is 10.6 Å². The predicted octanol–water partition coefficient (Wildman–Crippen LogP) is 4.17. The zero-order chi connectivity index (χ0) is 15.4. The third kappa shape index (κ3) is 4.48. The predicted molar refractivity (Wildman–Crippen MR) is 92.1 cm³/mol. The monoisotopic (exact) mass is 302 g/mol. The molecule has 0 bridgehead atoms. The van der Waals surface area contributed by atoms with Crippen molar-refractivity contribution in [3.05, 3.63) is 64.2 Å². The molecule has 3 heteroatoms. The first-order chi connectivity index (χ1) is 9.95. The fourth-order valence-electron chi connectivity index (χ4n) is 2.64. The Balaban J connectivity index is 2.13.